The number of benzene rings is 9. The van der Waals surface area contributed by atoms with E-state index in [-0.39, 0.29) is 44.6 Å². The fourth-order valence-corrected chi connectivity index (χ4v) is 17.1. The van der Waals surface area contributed by atoms with Gasteiger partial charge in [0.1, 0.15) is 5.58 Å². The van der Waals surface area contributed by atoms with Crippen LogP contribution in [0.2, 0.25) is 0 Å². The van der Waals surface area contributed by atoms with Crippen LogP contribution in [0.4, 0.5) is 51.2 Å². The van der Waals surface area contributed by atoms with Crippen molar-refractivity contribution in [2.75, 3.05) is 14.7 Å². The van der Waals surface area contributed by atoms with Crippen LogP contribution in [0.1, 0.15) is 180 Å². The number of hydrogen-bond acceptors (Lipinski definition) is 4. The topological polar surface area (TPSA) is 22.9 Å². The summed E-state index contributed by atoms with van der Waals surface area (Å²) < 4.78 is 7.83. The average molecular weight is 1140 g/mol. The molecular weight excluding hydrogens is 1050 g/mol. The first-order chi connectivity index (χ1) is 41.2. The van der Waals surface area contributed by atoms with Crippen LogP contribution in [-0.2, 0) is 37.9 Å². The maximum absolute atomic E-state index is 7.83. The normalized spacial score (nSPS) is 18.6. The summed E-state index contributed by atoms with van der Waals surface area (Å²) in [5.41, 5.74) is 32.1. The molecule has 0 N–H and O–H groups in total. The average Bonchev–Trinajstić information content (AvgIpc) is 1.72. The molecule has 4 nitrogen and oxygen atoms in total. The first-order valence-electron chi connectivity index (χ1n) is 32.3. The molecule has 2 aliphatic heterocycles. The molecule has 0 bridgehead atoms. The number of anilines is 9. The number of para-hydroxylation sites is 1. The van der Waals surface area contributed by atoms with Crippen molar-refractivity contribution in [3.05, 3.63) is 226 Å². The molecule has 10 aromatic rings. The molecule has 0 atom stereocenters. The Labute approximate surface area is 517 Å². The highest BCUT2D eigenvalue weighted by Crippen LogP contribution is 2.58. The number of hydrogen-bond donors (Lipinski definition) is 0. The standard InChI is InChI=1S/C82H82BN3O/c1-76(2,3)49-29-31-51(32-30-49)85-69-47-66-65(78(6,7)38-39-79(66,8)9)46-68(69)83-73-70(85)43-54(44-71(73)86(50-23-17-16-18-24-50)74-59-45-64-67(48-72(59)87-75(74)83)80(10,11)40-37-77(64,4)5)84(52-33-35-57-55-25-19-21-27-60(55)81(12,13)62(57)41-52)53-34-36-58-56-26-20-22-28-61(56)82(14,15)63(58)42-53/h16-36,41-48H,37-40H2,1-15H3. The van der Waals surface area contributed by atoms with Crippen molar-refractivity contribution in [2.24, 2.45) is 0 Å². The van der Waals surface area contributed by atoms with Gasteiger partial charge in [-0.3, -0.25) is 0 Å². The van der Waals surface area contributed by atoms with Gasteiger partial charge in [0.15, 0.2) is 0 Å². The minimum absolute atomic E-state index is 0.00297. The van der Waals surface area contributed by atoms with Gasteiger partial charge in [-0.2, -0.15) is 0 Å². The fraction of sp³-hybridized carbons (Fsp3) is 0.317. The summed E-state index contributed by atoms with van der Waals surface area (Å²) in [4.78, 5) is 7.86. The zero-order valence-corrected chi connectivity index (χ0v) is 53.9. The maximum Gasteiger partial charge on any atom is 0.297 e. The summed E-state index contributed by atoms with van der Waals surface area (Å²) in [6.07, 6.45) is 4.51. The highest BCUT2D eigenvalue weighted by Gasteiger charge is 2.51. The van der Waals surface area contributed by atoms with E-state index in [1.54, 1.807) is 0 Å². The Hall–Kier alpha value is -8.02. The van der Waals surface area contributed by atoms with E-state index in [9.17, 15) is 0 Å². The highest BCUT2D eigenvalue weighted by atomic mass is 16.3. The lowest BCUT2D eigenvalue weighted by atomic mass is 9.35. The number of furan rings is 1. The minimum Gasteiger partial charge on any atom is -0.468 e. The highest BCUT2D eigenvalue weighted by molar-refractivity contribution is 7.00. The molecule has 0 saturated carbocycles. The van der Waals surface area contributed by atoms with E-state index in [4.69, 9.17) is 4.42 Å². The van der Waals surface area contributed by atoms with Crippen molar-refractivity contribution in [1.82, 2.24) is 0 Å². The molecule has 16 rings (SSSR count). The lowest BCUT2D eigenvalue weighted by Gasteiger charge is -2.47. The second-order valence-corrected chi connectivity index (χ2v) is 31.5. The van der Waals surface area contributed by atoms with Gasteiger partial charge in [-0.05, 0) is 215 Å². The maximum atomic E-state index is 7.83. The lowest BCUT2D eigenvalue weighted by Crippen LogP contribution is -2.61. The van der Waals surface area contributed by atoms with Crippen LogP contribution < -0.4 is 31.3 Å². The van der Waals surface area contributed by atoms with Crippen molar-refractivity contribution in [3.8, 4) is 22.3 Å². The van der Waals surface area contributed by atoms with Crippen LogP contribution in [-0.4, -0.2) is 6.71 Å². The molecule has 5 heteroatoms. The van der Waals surface area contributed by atoms with Gasteiger partial charge in [0, 0.05) is 56.0 Å². The molecule has 0 saturated heterocycles. The largest absolute Gasteiger partial charge is 0.468 e. The third kappa shape index (κ3) is 7.69. The second-order valence-electron chi connectivity index (χ2n) is 31.5. The summed E-state index contributed by atoms with van der Waals surface area (Å²) >= 11 is 0. The molecule has 9 aromatic carbocycles. The van der Waals surface area contributed by atoms with Crippen molar-refractivity contribution >= 4 is 85.5 Å². The molecule has 0 spiro atoms. The van der Waals surface area contributed by atoms with Crippen LogP contribution in [0.15, 0.2) is 180 Å². The van der Waals surface area contributed by atoms with Gasteiger partial charge in [0.2, 0.25) is 0 Å². The Bertz CT molecular complexity index is 4470. The van der Waals surface area contributed by atoms with Crippen LogP contribution in [0.3, 0.4) is 0 Å². The van der Waals surface area contributed by atoms with Gasteiger partial charge >= 0.3 is 0 Å². The Balaban J connectivity index is 1.05. The van der Waals surface area contributed by atoms with Gasteiger partial charge in [-0.25, -0.2) is 0 Å². The molecule has 6 aliphatic rings. The smallest absolute Gasteiger partial charge is 0.297 e. The van der Waals surface area contributed by atoms with Gasteiger partial charge in [0.25, 0.3) is 6.71 Å². The van der Waals surface area contributed by atoms with Crippen molar-refractivity contribution in [1.29, 1.82) is 0 Å². The monoisotopic (exact) mass is 1140 g/mol. The Morgan fingerprint density at radius 3 is 1.40 bits per heavy atom. The zero-order valence-electron chi connectivity index (χ0n) is 53.9. The van der Waals surface area contributed by atoms with Crippen molar-refractivity contribution < 1.29 is 4.42 Å². The van der Waals surface area contributed by atoms with E-state index in [1.165, 1.54) is 100 Å². The van der Waals surface area contributed by atoms with Gasteiger partial charge in [-0.1, -0.05) is 201 Å². The molecule has 0 unspecified atom stereocenters. The van der Waals surface area contributed by atoms with Gasteiger partial charge in [0.05, 0.1) is 17.0 Å². The summed E-state index contributed by atoms with van der Waals surface area (Å²) in [7, 11) is 0. The predicted octanol–water partition coefficient (Wildman–Crippen LogP) is 20.6. The Morgan fingerprint density at radius 1 is 0.402 bits per heavy atom. The van der Waals surface area contributed by atoms with Crippen molar-refractivity contribution in [3.63, 3.8) is 0 Å². The van der Waals surface area contributed by atoms with E-state index >= 15 is 0 Å². The second kappa shape index (κ2) is 17.8. The summed E-state index contributed by atoms with van der Waals surface area (Å²) in [5, 5.41) is 1.18. The first kappa shape index (κ1) is 54.4. The van der Waals surface area contributed by atoms with Gasteiger partial charge in [-0.15, -0.1) is 0 Å². The number of rotatable bonds is 5. The number of fused-ring (bicyclic) bond motifs is 14. The van der Waals surface area contributed by atoms with E-state index < -0.39 is 0 Å². The first-order valence-corrected chi connectivity index (χ1v) is 32.3. The van der Waals surface area contributed by atoms with E-state index in [1.807, 2.05) is 0 Å². The minimum atomic E-state index is -0.220. The van der Waals surface area contributed by atoms with Gasteiger partial charge < -0.3 is 19.1 Å². The molecule has 1 aromatic heterocycles. The molecule has 0 amide bonds. The molecule has 3 heterocycles. The van der Waals surface area contributed by atoms with Crippen LogP contribution in [0.5, 0.6) is 0 Å². The molecule has 434 valence electrons. The lowest BCUT2D eigenvalue weighted by molar-refractivity contribution is 0.332. The van der Waals surface area contributed by atoms with E-state index in [0.717, 1.165) is 76.7 Å². The van der Waals surface area contributed by atoms with Crippen molar-refractivity contribution in [2.45, 2.75) is 167 Å². The van der Waals surface area contributed by atoms with Crippen LogP contribution >= 0.6 is 0 Å². The zero-order chi connectivity index (χ0) is 60.4. The fourth-order valence-electron chi connectivity index (χ4n) is 17.1. The quantitative estimate of drug-likeness (QED) is 0.160. The summed E-state index contributed by atoms with van der Waals surface area (Å²) in [6.45, 7) is 36.1. The Morgan fingerprint density at radius 2 is 0.862 bits per heavy atom. The number of nitrogens with zero attached hydrogens (tertiary/aromatic N) is 3. The van der Waals surface area contributed by atoms with E-state index in [2.05, 4.69) is 294 Å². The SMILES string of the molecule is CC(C)(C)c1ccc(N2c3cc4c(cc3B3c5oc6cc7c(cc6c5N(c5ccccc5)c5cc(N(c6ccc8c(c6)C(C)(C)c6ccccc6-8)c6ccc8c(c6)C(C)(C)c6ccccc6-8)cc2c53)C(C)(C)CCC7(C)C)C(C)(C)CCC4(C)C)cc1. The summed E-state index contributed by atoms with van der Waals surface area (Å²) in [6, 6.07) is 68.9. The van der Waals surface area contributed by atoms with Crippen LogP contribution in [0, 0.1) is 0 Å². The molecule has 0 fully saturated rings. The van der Waals surface area contributed by atoms with Crippen LogP contribution in [0.25, 0.3) is 33.2 Å². The molecule has 4 aliphatic carbocycles. The molecular formula is C82H82BN3O. The third-order valence-corrected chi connectivity index (χ3v) is 22.5. The molecule has 87 heavy (non-hydrogen) atoms. The molecule has 0 radical (unpaired) electrons. The predicted molar refractivity (Wildman–Crippen MR) is 369 cm³/mol. The summed E-state index contributed by atoms with van der Waals surface area (Å²) in [5.74, 6) is 0. The Kier molecular flexibility index (Phi) is 11.1. The van der Waals surface area contributed by atoms with E-state index in [0.29, 0.717) is 0 Å². The third-order valence-electron chi connectivity index (χ3n) is 22.5.